The summed E-state index contributed by atoms with van der Waals surface area (Å²) in [6.45, 7) is 0. The van der Waals surface area contributed by atoms with E-state index in [0.717, 1.165) is 32.6 Å². The van der Waals surface area contributed by atoms with E-state index >= 15 is 0 Å². The summed E-state index contributed by atoms with van der Waals surface area (Å²) in [6.07, 6.45) is 0. The highest BCUT2D eigenvalue weighted by molar-refractivity contribution is 9.10. The van der Waals surface area contributed by atoms with Gasteiger partial charge in [-0.2, -0.15) is 0 Å². The molecule has 3 aromatic rings. The summed E-state index contributed by atoms with van der Waals surface area (Å²) < 4.78 is 6.12. The van der Waals surface area contributed by atoms with Gasteiger partial charge < -0.3 is 9.72 Å². The Kier molecular flexibility index (Phi) is 3.21. The van der Waals surface area contributed by atoms with Crippen molar-refractivity contribution in [3.8, 4) is 17.1 Å². The van der Waals surface area contributed by atoms with Crippen LogP contribution < -0.4 is 4.74 Å². The number of H-pyrrole nitrogens is 1. The molecule has 0 radical (unpaired) electrons. The molecule has 0 atom stereocenters. The van der Waals surface area contributed by atoms with Crippen molar-refractivity contribution in [1.82, 2.24) is 9.97 Å². The van der Waals surface area contributed by atoms with E-state index in [4.69, 9.17) is 16.3 Å². The van der Waals surface area contributed by atoms with Crippen molar-refractivity contribution in [2.24, 2.45) is 0 Å². The Balaban J connectivity index is 2.22. The van der Waals surface area contributed by atoms with Crippen molar-refractivity contribution in [2.45, 2.75) is 0 Å². The zero-order chi connectivity index (χ0) is 13.4. The topological polar surface area (TPSA) is 37.9 Å². The minimum Gasteiger partial charge on any atom is -0.497 e. The van der Waals surface area contributed by atoms with Gasteiger partial charge in [-0.15, -0.1) is 0 Å². The van der Waals surface area contributed by atoms with E-state index in [9.17, 15) is 0 Å². The number of nitrogens with one attached hydrogen (secondary N) is 1. The molecule has 0 aliphatic rings. The van der Waals surface area contributed by atoms with E-state index in [1.807, 2.05) is 36.4 Å². The van der Waals surface area contributed by atoms with E-state index in [1.54, 1.807) is 7.11 Å². The summed E-state index contributed by atoms with van der Waals surface area (Å²) in [4.78, 5) is 7.84. The zero-order valence-electron chi connectivity index (χ0n) is 10.1. The first kappa shape index (κ1) is 12.5. The van der Waals surface area contributed by atoms with E-state index < -0.39 is 0 Å². The largest absolute Gasteiger partial charge is 0.497 e. The Hall–Kier alpha value is -1.52. The van der Waals surface area contributed by atoms with Gasteiger partial charge in [0.1, 0.15) is 17.1 Å². The fourth-order valence-corrected chi connectivity index (χ4v) is 2.70. The summed E-state index contributed by atoms with van der Waals surface area (Å²) in [7, 11) is 1.64. The van der Waals surface area contributed by atoms with Gasteiger partial charge >= 0.3 is 0 Å². The number of aromatic nitrogens is 2. The van der Waals surface area contributed by atoms with Gasteiger partial charge in [-0.1, -0.05) is 23.7 Å². The Morgan fingerprint density at radius 3 is 2.79 bits per heavy atom. The molecule has 3 rings (SSSR count). The molecule has 0 aliphatic heterocycles. The van der Waals surface area contributed by atoms with Crippen molar-refractivity contribution in [1.29, 1.82) is 0 Å². The summed E-state index contributed by atoms with van der Waals surface area (Å²) in [5.74, 6) is 1.52. The second-order valence-electron chi connectivity index (χ2n) is 4.07. The summed E-state index contributed by atoms with van der Waals surface area (Å²) >= 11 is 9.69. The predicted octanol–water partition coefficient (Wildman–Crippen LogP) is 4.65. The van der Waals surface area contributed by atoms with Crippen LogP contribution in [0.2, 0.25) is 5.02 Å². The lowest BCUT2D eigenvalue weighted by atomic mass is 10.2. The lowest BCUT2D eigenvalue weighted by molar-refractivity contribution is 0.415. The standard InChI is InChI=1S/C14H10BrClN2O/c1-19-8-6-10(15)13-12(7-8)17-14(18-13)9-4-2-3-5-11(9)16/h2-7H,1H3,(H,17,18). The molecule has 19 heavy (non-hydrogen) atoms. The first-order valence-corrected chi connectivity index (χ1v) is 6.84. The van der Waals surface area contributed by atoms with Crippen LogP contribution in [-0.4, -0.2) is 17.1 Å². The number of rotatable bonds is 2. The van der Waals surface area contributed by atoms with Crippen LogP contribution in [0.25, 0.3) is 22.4 Å². The van der Waals surface area contributed by atoms with Crippen molar-refractivity contribution < 1.29 is 4.74 Å². The van der Waals surface area contributed by atoms with Crippen LogP contribution in [0.3, 0.4) is 0 Å². The number of imidazole rings is 1. The molecular weight excluding hydrogens is 328 g/mol. The highest BCUT2D eigenvalue weighted by atomic mass is 79.9. The number of aromatic amines is 1. The summed E-state index contributed by atoms with van der Waals surface area (Å²) in [5, 5.41) is 0.671. The number of hydrogen-bond acceptors (Lipinski definition) is 2. The molecule has 1 heterocycles. The average molecular weight is 338 g/mol. The maximum atomic E-state index is 6.19. The summed E-state index contributed by atoms with van der Waals surface area (Å²) in [5.41, 5.74) is 2.64. The number of ether oxygens (including phenoxy) is 1. The van der Waals surface area contributed by atoms with Gasteiger partial charge in [0.2, 0.25) is 0 Å². The molecule has 1 aromatic heterocycles. The van der Waals surface area contributed by atoms with Gasteiger partial charge in [-0.05, 0) is 34.1 Å². The third-order valence-electron chi connectivity index (χ3n) is 2.88. The molecule has 2 aromatic carbocycles. The van der Waals surface area contributed by atoms with Crippen LogP contribution in [0.5, 0.6) is 5.75 Å². The fourth-order valence-electron chi connectivity index (χ4n) is 1.95. The van der Waals surface area contributed by atoms with Gasteiger partial charge in [0.15, 0.2) is 0 Å². The fraction of sp³-hybridized carbons (Fsp3) is 0.0714. The van der Waals surface area contributed by atoms with Gasteiger partial charge in [-0.25, -0.2) is 4.98 Å². The van der Waals surface area contributed by atoms with Crippen molar-refractivity contribution in [3.05, 3.63) is 45.9 Å². The average Bonchev–Trinajstić information content (AvgIpc) is 2.83. The van der Waals surface area contributed by atoms with Crippen molar-refractivity contribution in [3.63, 3.8) is 0 Å². The van der Waals surface area contributed by atoms with E-state index in [-0.39, 0.29) is 0 Å². The second-order valence-corrected chi connectivity index (χ2v) is 5.33. The molecule has 5 heteroatoms. The highest BCUT2D eigenvalue weighted by Gasteiger charge is 2.11. The smallest absolute Gasteiger partial charge is 0.140 e. The number of hydrogen-bond donors (Lipinski definition) is 1. The monoisotopic (exact) mass is 336 g/mol. The Morgan fingerprint density at radius 2 is 2.05 bits per heavy atom. The van der Waals surface area contributed by atoms with Gasteiger partial charge in [0.05, 0.1) is 17.6 Å². The van der Waals surface area contributed by atoms with E-state index in [2.05, 4.69) is 25.9 Å². The van der Waals surface area contributed by atoms with Crippen LogP contribution in [-0.2, 0) is 0 Å². The first-order chi connectivity index (χ1) is 9.19. The zero-order valence-corrected chi connectivity index (χ0v) is 12.4. The lowest BCUT2D eigenvalue weighted by Gasteiger charge is -1.99. The molecule has 0 aliphatic carbocycles. The quantitative estimate of drug-likeness (QED) is 0.739. The number of fused-ring (bicyclic) bond motifs is 1. The number of halogens is 2. The second kappa shape index (κ2) is 4.87. The molecule has 0 saturated carbocycles. The molecule has 0 fully saturated rings. The van der Waals surface area contributed by atoms with Crippen molar-refractivity contribution >= 4 is 38.6 Å². The van der Waals surface area contributed by atoms with Crippen LogP contribution >= 0.6 is 27.5 Å². The normalized spacial score (nSPS) is 10.9. The van der Waals surface area contributed by atoms with Gasteiger partial charge in [0, 0.05) is 16.1 Å². The Morgan fingerprint density at radius 1 is 1.26 bits per heavy atom. The van der Waals surface area contributed by atoms with Crippen LogP contribution in [0, 0.1) is 0 Å². The molecule has 0 spiro atoms. The lowest BCUT2D eigenvalue weighted by Crippen LogP contribution is -1.82. The molecule has 3 nitrogen and oxygen atoms in total. The molecular formula is C14H10BrClN2O. The predicted molar refractivity (Wildman–Crippen MR) is 80.8 cm³/mol. The van der Waals surface area contributed by atoms with Gasteiger partial charge in [-0.3, -0.25) is 0 Å². The van der Waals surface area contributed by atoms with E-state index in [0.29, 0.717) is 5.02 Å². The maximum absolute atomic E-state index is 6.19. The van der Waals surface area contributed by atoms with Crippen LogP contribution in [0.4, 0.5) is 0 Å². The number of methoxy groups -OCH3 is 1. The van der Waals surface area contributed by atoms with Gasteiger partial charge in [0.25, 0.3) is 0 Å². The Labute approximate surface area is 123 Å². The summed E-state index contributed by atoms with van der Waals surface area (Å²) in [6, 6.07) is 11.4. The Bertz CT molecular complexity index is 754. The van der Waals surface area contributed by atoms with Crippen LogP contribution in [0.15, 0.2) is 40.9 Å². The van der Waals surface area contributed by atoms with Crippen LogP contribution in [0.1, 0.15) is 0 Å². The molecule has 0 amide bonds. The third-order valence-corrected chi connectivity index (χ3v) is 3.81. The molecule has 0 saturated heterocycles. The number of benzene rings is 2. The minimum absolute atomic E-state index is 0.671. The minimum atomic E-state index is 0.671. The SMILES string of the molecule is COc1cc(Br)c2nc(-c3ccccc3Cl)[nH]c2c1. The molecule has 1 N–H and O–H groups in total. The highest BCUT2D eigenvalue weighted by Crippen LogP contribution is 2.32. The molecule has 0 unspecified atom stereocenters. The number of nitrogens with zero attached hydrogens (tertiary/aromatic N) is 1. The van der Waals surface area contributed by atoms with E-state index in [1.165, 1.54) is 0 Å². The first-order valence-electron chi connectivity index (χ1n) is 5.67. The molecule has 0 bridgehead atoms. The molecule has 96 valence electrons. The third kappa shape index (κ3) is 2.22. The maximum Gasteiger partial charge on any atom is 0.140 e. The van der Waals surface area contributed by atoms with Crippen molar-refractivity contribution in [2.75, 3.05) is 7.11 Å².